The number of piperidine rings is 1. The molecule has 2 aliphatic heterocycles. The van der Waals surface area contributed by atoms with E-state index in [4.69, 9.17) is 0 Å². The number of carboxylic acids is 1. The second-order valence-electron chi connectivity index (χ2n) is 8.02. The number of aliphatic carboxylic acids is 1. The predicted molar refractivity (Wildman–Crippen MR) is 90.6 cm³/mol. The van der Waals surface area contributed by atoms with Gasteiger partial charge in [0, 0.05) is 45.0 Å². The number of aryl methyl sites for hydroxylation is 1. The third kappa shape index (κ3) is 3.17. The Morgan fingerprint density at radius 3 is 2.60 bits per heavy atom. The van der Waals surface area contributed by atoms with Gasteiger partial charge in [0.05, 0.1) is 6.54 Å². The van der Waals surface area contributed by atoms with Crippen LogP contribution in [0.5, 0.6) is 0 Å². The second-order valence-corrected chi connectivity index (χ2v) is 8.02. The lowest BCUT2D eigenvalue weighted by molar-refractivity contribution is -0.142. The number of carbonyl (C=O) groups is 2. The van der Waals surface area contributed by atoms with Crippen LogP contribution < -0.4 is 0 Å². The van der Waals surface area contributed by atoms with Crippen LogP contribution in [0.3, 0.4) is 0 Å². The summed E-state index contributed by atoms with van der Waals surface area (Å²) in [5, 5.41) is 9.68. The Kier molecular flexibility index (Phi) is 4.06. The van der Waals surface area contributed by atoms with Crippen molar-refractivity contribution >= 4 is 11.9 Å². The van der Waals surface area contributed by atoms with Crippen LogP contribution in [0.2, 0.25) is 0 Å². The van der Waals surface area contributed by atoms with E-state index in [1.54, 1.807) is 6.20 Å². The molecule has 1 spiro atoms. The van der Waals surface area contributed by atoms with E-state index < -0.39 is 12.0 Å². The zero-order valence-electron chi connectivity index (χ0n) is 14.7. The standard InChI is InChI=1S/C18H26N4O3/c1-20-9-6-19-15(20)11-22-12-18(10-14(22)17(24)25)4-7-21(8-5-18)16(23)13-2-3-13/h6,9,13-14H,2-5,7-8,10-12H2,1H3,(H,24,25)/t14-/m1/s1. The summed E-state index contributed by atoms with van der Waals surface area (Å²) in [5.74, 6) is 0.726. The topological polar surface area (TPSA) is 78.7 Å². The van der Waals surface area contributed by atoms with Crippen LogP contribution in [0, 0.1) is 11.3 Å². The molecular formula is C18H26N4O3. The van der Waals surface area contributed by atoms with E-state index in [1.165, 1.54) is 0 Å². The van der Waals surface area contributed by atoms with E-state index in [0.29, 0.717) is 18.9 Å². The van der Waals surface area contributed by atoms with Gasteiger partial charge in [-0.3, -0.25) is 14.5 Å². The molecule has 3 heterocycles. The zero-order chi connectivity index (χ0) is 17.6. The van der Waals surface area contributed by atoms with Crippen LogP contribution in [0.1, 0.15) is 37.9 Å². The van der Waals surface area contributed by atoms with Crippen molar-refractivity contribution in [1.82, 2.24) is 19.4 Å². The highest BCUT2D eigenvalue weighted by Crippen LogP contribution is 2.44. The van der Waals surface area contributed by atoms with Gasteiger partial charge in [-0.05, 0) is 37.5 Å². The van der Waals surface area contributed by atoms with Gasteiger partial charge in [0.1, 0.15) is 11.9 Å². The van der Waals surface area contributed by atoms with Crippen molar-refractivity contribution in [3.8, 4) is 0 Å². The summed E-state index contributed by atoms with van der Waals surface area (Å²) in [6.07, 6.45) is 8.21. The van der Waals surface area contributed by atoms with Crippen molar-refractivity contribution in [3.05, 3.63) is 18.2 Å². The monoisotopic (exact) mass is 346 g/mol. The highest BCUT2D eigenvalue weighted by atomic mass is 16.4. The maximum Gasteiger partial charge on any atom is 0.320 e. The summed E-state index contributed by atoms with van der Waals surface area (Å²) in [7, 11) is 1.94. The maximum absolute atomic E-state index is 12.3. The van der Waals surface area contributed by atoms with Gasteiger partial charge in [0.25, 0.3) is 0 Å². The first-order chi connectivity index (χ1) is 12.0. The molecule has 1 aromatic heterocycles. The van der Waals surface area contributed by atoms with Crippen molar-refractivity contribution in [2.75, 3.05) is 19.6 Å². The molecule has 1 atom stereocenters. The van der Waals surface area contributed by atoms with Gasteiger partial charge in [-0.1, -0.05) is 0 Å². The van der Waals surface area contributed by atoms with Gasteiger partial charge in [-0.15, -0.1) is 0 Å². The summed E-state index contributed by atoms with van der Waals surface area (Å²) >= 11 is 0. The Balaban J connectivity index is 1.44. The molecular weight excluding hydrogens is 320 g/mol. The second kappa shape index (κ2) is 6.12. The summed E-state index contributed by atoms with van der Waals surface area (Å²) in [4.78, 5) is 32.5. The van der Waals surface area contributed by atoms with Crippen molar-refractivity contribution in [1.29, 1.82) is 0 Å². The first kappa shape index (κ1) is 16.6. The van der Waals surface area contributed by atoms with Gasteiger partial charge in [0.15, 0.2) is 0 Å². The predicted octanol–water partition coefficient (Wildman–Crippen LogP) is 1.10. The molecule has 0 radical (unpaired) electrons. The molecule has 1 amide bonds. The van der Waals surface area contributed by atoms with Crippen LogP contribution in [-0.2, 0) is 23.2 Å². The molecule has 7 nitrogen and oxygen atoms in total. The molecule has 1 aromatic rings. The van der Waals surface area contributed by atoms with Gasteiger partial charge >= 0.3 is 5.97 Å². The number of hydrogen-bond donors (Lipinski definition) is 1. The fourth-order valence-corrected chi connectivity index (χ4v) is 4.44. The van der Waals surface area contributed by atoms with Gasteiger partial charge in [-0.25, -0.2) is 4.98 Å². The Hall–Kier alpha value is -1.89. The van der Waals surface area contributed by atoms with Crippen molar-refractivity contribution in [3.63, 3.8) is 0 Å². The molecule has 2 saturated heterocycles. The summed E-state index contributed by atoms with van der Waals surface area (Å²) < 4.78 is 1.95. The molecule has 3 fully saturated rings. The van der Waals surface area contributed by atoms with Crippen LogP contribution in [0.4, 0.5) is 0 Å². The van der Waals surface area contributed by atoms with E-state index in [-0.39, 0.29) is 11.3 Å². The Morgan fingerprint density at radius 1 is 1.32 bits per heavy atom. The molecule has 7 heteroatoms. The van der Waals surface area contributed by atoms with Crippen molar-refractivity contribution in [2.45, 2.75) is 44.7 Å². The molecule has 0 aromatic carbocycles. The molecule has 25 heavy (non-hydrogen) atoms. The number of imidazole rings is 1. The van der Waals surface area contributed by atoms with E-state index in [2.05, 4.69) is 9.88 Å². The first-order valence-corrected chi connectivity index (χ1v) is 9.19. The molecule has 0 bridgehead atoms. The lowest BCUT2D eigenvalue weighted by atomic mass is 9.76. The van der Waals surface area contributed by atoms with Gasteiger partial charge in [0.2, 0.25) is 5.91 Å². The fraction of sp³-hybridized carbons (Fsp3) is 0.722. The quantitative estimate of drug-likeness (QED) is 0.883. The smallest absolute Gasteiger partial charge is 0.320 e. The van der Waals surface area contributed by atoms with Crippen LogP contribution in [0.15, 0.2) is 12.4 Å². The lowest BCUT2D eigenvalue weighted by Gasteiger charge is -2.39. The largest absolute Gasteiger partial charge is 0.480 e. The number of amides is 1. The number of rotatable bonds is 4. The first-order valence-electron chi connectivity index (χ1n) is 9.19. The minimum Gasteiger partial charge on any atom is -0.480 e. The number of hydrogen-bond acceptors (Lipinski definition) is 4. The van der Waals surface area contributed by atoms with Crippen LogP contribution in [-0.4, -0.2) is 62.0 Å². The maximum atomic E-state index is 12.3. The third-order valence-corrected chi connectivity index (χ3v) is 6.22. The highest BCUT2D eigenvalue weighted by Gasteiger charge is 2.49. The van der Waals surface area contributed by atoms with E-state index in [1.807, 2.05) is 22.7 Å². The van der Waals surface area contributed by atoms with Gasteiger partial charge in [-0.2, -0.15) is 0 Å². The number of aromatic nitrogens is 2. The minimum atomic E-state index is -0.748. The average Bonchev–Trinajstić information content (AvgIpc) is 3.28. The third-order valence-electron chi connectivity index (χ3n) is 6.22. The van der Waals surface area contributed by atoms with E-state index in [0.717, 1.165) is 51.1 Å². The summed E-state index contributed by atoms with van der Waals surface area (Å²) in [6, 6.07) is -0.456. The summed E-state index contributed by atoms with van der Waals surface area (Å²) in [5.41, 5.74) is 0.0224. The number of likely N-dealkylation sites (tertiary alicyclic amines) is 2. The normalized spacial score (nSPS) is 26.3. The Labute approximate surface area is 147 Å². The van der Waals surface area contributed by atoms with Gasteiger partial charge < -0.3 is 14.6 Å². The van der Waals surface area contributed by atoms with Crippen LogP contribution in [0.25, 0.3) is 0 Å². The molecule has 1 aliphatic carbocycles. The van der Waals surface area contributed by atoms with Crippen molar-refractivity contribution < 1.29 is 14.7 Å². The van der Waals surface area contributed by atoms with Crippen molar-refractivity contribution in [2.24, 2.45) is 18.4 Å². The molecule has 4 rings (SSSR count). The molecule has 136 valence electrons. The molecule has 1 N–H and O–H groups in total. The highest BCUT2D eigenvalue weighted by molar-refractivity contribution is 5.81. The van der Waals surface area contributed by atoms with E-state index in [9.17, 15) is 14.7 Å². The number of carbonyl (C=O) groups excluding carboxylic acids is 1. The number of carboxylic acid groups (broad SMARTS) is 1. The fourth-order valence-electron chi connectivity index (χ4n) is 4.44. The number of nitrogens with zero attached hydrogens (tertiary/aromatic N) is 4. The van der Waals surface area contributed by atoms with Crippen LogP contribution >= 0.6 is 0 Å². The lowest BCUT2D eigenvalue weighted by Crippen LogP contribution is -2.44. The minimum absolute atomic E-state index is 0.0224. The molecule has 1 saturated carbocycles. The SMILES string of the molecule is Cn1ccnc1CN1CC2(CCN(C(=O)C3CC3)CC2)C[C@@H]1C(=O)O. The zero-order valence-corrected chi connectivity index (χ0v) is 14.7. The van der Waals surface area contributed by atoms with E-state index >= 15 is 0 Å². The molecule has 0 unspecified atom stereocenters. The molecule has 3 aliphatic rings. The summed E-state index contributed by atoms with van der Waals surface area (Å²) in [6.45, 7) is 2.89. The Morgan fingerprint density at radius 2 is 2.04 bits per heavy atom. The average molecular weight is 346 g/mol. The Bertz CT molecular complexity index is 674.